The molecule has 3 atom stereocenters. The molecular formula is C16H23NO3. The van der Waals surface area contributed by atoms with Gasteiger partial charge in [-0.25, -0.2) is 0 Å². The van der Waals surface area contributed by atoms with Gasteiger partial charge in [0, 0.05) is 11.6 Å². The molecule has 1 aromatic carbocycles. The number of aliphatic hydroxyl groups excluding tert-OH is 1. The maximum absolute atomic E-state index is 11.1. The van der Waals surface area contributed by atoms with Crippen molar-refractivity contribution in [3.63, 3.8) is 0 Å². The third-order valence-corrected chi connectivity index (χ3v) is 4.60. The molecular weight excluding hydrogens is 254 g/mol. The lowest BCUT2D eigenvalue weighted by atomic mass is 9.73. The second-order valence-electron chi connectivity index (χ2n) is 6.23. The van der Waals surface area contributed by atoms with Crippen LogP contribution in [0.25, 0.3) is 0 Å². The van der Waals surface area contributed by atoms with Crippen molar-refractivity contribution in [1.82, 2.24) is 0 Å². The highest BCUT2D eigenvalue weighted by Gasteiger charge is 2.31. The third-order valence-electron chi connectivity index (χ3n) is 4.60. The minimum Gasteiger partial charge on any atom is -0.393 e. The molecule has 20 heavy (non-hydrogen) atoms. The Morgan fingerprint density at radius 2 is 2.05 bits per heavy atom. The van der Waals surface area contributed by atoms with Crippen LogP contribution in [0.3, 0.4) is 0 Å². The van der Waals surface area contributed by atoms with Crippen LogP contribution in [0.5, 0.6) is 0 Å². The van der Waals surface area contributed by atoms with Crippen molar-refractivity contribution in [2.75, 3.05) is 0 Å². The molecule has 1 fully saturated rings. The summed E-state index contributed by atoms with van der Waals surface area (Å²) < 4.78 is 0. The monoisotopic (exact) mass is 277 g/mol. The summed E-state index contributed by atoms with van der Waals surface area (Å²) >= 11 is 0. The van der Waals surface area contributed by atoms with E-state index in [2.05, 4.69) is 13.8 Å². The van der Waals surface area contributed by atoms with Crippen molar-refractivity contribution in [3.05, 3.63) is 39.9 Å². The molecule has 0 amide bonds. The summed E-state index contributed by atoms with van der Waals surface area (Å²) in [4.78, 5) is 10.7. The predicted octanol–water partition coefficient (Wildman–Crippen LogP) is 3.57. The molecule has 1 N–H and O–H groups in total. The minimum atomic E-state index is -0.329. The summed E-state index contributed by atoms with van der Waals surface area (Å²) in [5, 5.41) is 21.3. The van der Waals surface area contributed by atoms with Gasteiger partial charge >= 0.3 is 0 Å². The van der Waals surface area contributed by atoms with Gasteiger partial charge in [0.05, 0.1) is 11.0 Å². The molecule has 0 radical (unpaired) electrons. The Morgan fingerprint density at radius 3 is 2.70 bits per heavy atom. The Balaban J connectivity index is 2.14. The number of hydrogen-bond acceptors (Lipinski definition) is 3. The Bertz CT molecular complexity index is 473. The van der Waals surface area contributed by atoms with E-state index in [1.165, 1.54) is 0 Å². The summed E-state index contributed by atoms with van der Waals surface area (Å²) in [7, 11) is 0. The number of nitro benzene ring substituents is 1. The molecule has 0 heterocycles. The maximum Gasteiger partial charge on any atom is 0.272 e. The average Bonchev–Trinajstić information content (AvgIpc) is 2.41. The first-order valence-corrected chi connectivity index (χ1v) is 7.39. The Hall–Kier alpha value is -1.42. The van der Waals surface area contributed by atoms with Crippen molar-refractivity contribution >= 4 is 5.69 Å². The highest BCUT2D eigenvalue weighted by Crippen LogP contribution is 2.36. The van der Waals surface area contributed by atoms with Gasteiger partial charge in [-0.1, -0.05) is 32.0 Å². The summed E-state index contributed by atoms with van der Waals surface area (Å²) in [6.07, 6.45) is 3.11. The normalized spacial score (nSPS) is 26.7. The highest BCUT2D eigenvalue weighted by atomic mass is 16.6. The Labute approximate surface area is 120 Å². The number of para-hydroxylation sites is 1. The molecule has 1 aliphatic rings. The van der Waals surface area contributed by atoms with Crippen LogP contribution in [0.15, 0.2) is 24.3 Å². The Morgan fingerprint density at radius 1 is 1.35 bits per heavy atom. The summed E-state index contributed by atoms with van der Waals surface area (Å²) in [5.74, 6) is 1.36. The maximum atomic E-state index is 11.1. The Kier molecular flexibility index (Phi) is 4.76. The molecule has 0 aromatic heterocycles. The zero-order valence-corrected chi connectivity index (χ0v) is 12.2. The van der Waals surface area contributed by atoms with E-state index in [-0.39, 0.29) is 22.6 Å². The predicted molar refractivity (Wildman–Crippen MR) is 78.5 cm³/mol. The highest BCUT2D eigenvalue weighted by molar-refractivity contribution is 5.40. The van der Waals surface area contributed by atoms with E-state index in [1.807, 2.05) is 12.1 Å². The number of nitrogens with zero attached hydrogens (tertiary/aromatic N) is 1. The van der Waals surface area contributed by atoms with E-state index in [4.69, 9.17) is 0 Å². The topological polar surface area (TPSA) is 63.4 Å². The second-order valence-corrected chi connectivity index (χ2v) is 6.23. The quantitative estimate of drug-likeness (QED) is 0.676. The molecule has 3 unspecified atom stereocenters. The fraction of sp³-hybridized carbons (Fsp3) is 0.625. The second kappa shape index (κ2) is 6.35. The van der Waals surface area contributed by atoms with Crippen LogP contribution >= 0.6 is 0 Å². The molecule has 110 valence electrons. The van der Waals surface area contributed by atoms with Gasteiger partial charge in [-0.2, -0.15) is 0 Å². The first-order chi connectivity index (χ1) is 9.49. The van der Waals surface area contributed by atoms with E-state index in [1.54, 1.807) is 12.1 Å². The van der Waals surface area contributed by atoms with Crippen LogP contribution in [0.1, 0.15) is 38.7 Å². The molecule has 4 nitrogen and oxygen atoms in total. The number of nitro groups is 1. The third kappa shape index (κ3) is 3.37. The van der Waals surface area contributed by atoms with E-state index in [0.29, 0.717) is 18.3 Å². The van der Waals surface area contributed by atoms with E-state index < -0.39 is 0 Å². The lowest BCUT2D eigenvalue weighted by molar-refractivity contribution is -0.385. The fourth-order valence-electron chi connectivity index (χ4n) is 3.25. The van der Waals surface area contributed by atoms with Crippen molar-refractivity contribution in [1.29, 1.82) is 0 Å². The molecule has 0 spiro atoms. The van der Waals surface area contributed by atoms with Crippen LogP contribution in [-0.4, -0.2) is 16.1 Å². The number of hydrogen-bond donors (Lipinski definition) is 1. The molecule has 0 aliphatic heterocycles. The standard InChI is InChI=1S/C16H23NO3/c1-11(2)12-7-8-16(18)14(9-12)10-13-5-3-4-6-15(13)17(19)20/h3-6,11-12,14,16,18H,7-10H2,1-2H3. The van der Waals surface area contributed by atoms with Crippen LogP contribution in [0.2, 0.25) is 0 Å². The summed E-state index contributed by atoms with van der Waals surface area (Å²) in [6.45, 7) is 4.43. The van der Waals surface area contributed by atoms with Crippen LogP contribution in [-0.2, 0) is 6.42 Å². The lowest BCUT2D eigenvalue weighted by Crippen LogP contribution is -2.32. The number of benzene rings is 1. The smallest absolute Gasteiger partial charge is 0.272 e. The number of aliphatic hydroxyl groups is 1. The lowest BCUT2D eigenvalue weighted by Gasteiger charge is -2.35. The van der Waals surface area contributed by atoms with Gasteiger partial charge in [0.15, 0.2) is 0 Å². The van der Waals surface area contributed by atoms with E-state index in [0.717, 1.165) is 24.8 Å². The average molecular weight is 277 g/mol. The van der Waals surface area contributed by atoms with Gasteiger partial charge in [-0.05, 0) is 43.4 Å². The first-order valence-electron chi connectivity index (χ1n) is 7.39. The van der Waals surface area contributed by atoms with E-state index >= 15 is 0 Å². The largest absolute Gasteiger partial charge is 0.393 e. The molecule has 1 aromatic rings. The van der Waals surface area contributed by atoms with E-state index in [9.17, 15) is 15.2 Å². The number of rotatable bonds is 4. The van der Waals surface area contributed by atoms with Gasteiger partial charge in [0.1, 0.15) is 0 Å². The van der Waals surface area contributed by atoms with Gasteiger partial charge < -0.3 is 5.11 Å². The van der Waals surface area contributed by atoms with Crippen molar-refractivity contribution in [2.45, 2.75) is 45.6 Å². The minimum absolute atomic E-state index is 0.136. The molecule has 0 saturated heterocycles. The van der Waals surface area contributed by atoms with Crippen molar-refractivity contribution in [3.8, 4) is 0 Å². The molecule has 1 saturated carbocycles. The summed E-state index contributed by atoms with van der Waals surface area (Å²) in [6, 6.07) is 6.88. The van der Waals surface area contributed by atoms with Gasteiger partial charge in [0.2, 0.25) is 0 Å². The molecule has 2 rings (SSSR count). The SMILES string of the molecule is CC(C)C1CCC(O)C(Cc2ccccc2[N+](=O)[O-])C1. The fourth-order valence-corrected chi connectivity index (χ4v) is 3.25. The van der Waals surface area contributed by atoms with Crippen LogP contribution < -0.4 is 0 Å². The van der Waals surface area contributed by atoms with Gasteiger partial charge in [-0.15, -0.1) is 0 Å². The first kappa shape index (κ1) is 15.0. The van der Waals surface area contributed by atoms with Crippen molar-refractivity contribution < 1.29 is 10.0 Å². The van der Waals surface area contributed by atoms with Crippen LogP contribution in [0, 0.1) is 27.9 Å². The molecule has 0 bridgehead atoms. The molecule has 1 aliphatic carbocycles. The van der Waals surface area contributed by atoms with Crippen molar-refractivity contribution in [2.24, 2.45) is 17.8 Å². The molecule has 4 heteroatoms. The zero-order valence-electron chi connectivity index (χ0n) is 12.2. The summed E-state index contributed by atoms with van der Waals surface area (Å²) in [5.41, 5.74) is 0.914. The van der Waals surface area contributed by atoms with Crippen LogP contribution in [0.4, 0.5) is 5.69 Å². The van der Waals surface area contributed by atoms with Gasteiger partial charge in [-0.3, -0.25) is 10.1 Å². The van der Waals surface area contributed by atoms with Gasteiger partial charge in [0.25, 0.3) is 5.69 Å². The zero-order chi connectivity index (χ0) is 14.7.